The Bertz CT molecular complexity index is 584. The molecule has 3 nitrogen and oxygen atoms in total. The van der Waals surface area contributed by atoms with E-state index >= 15 is 0 Å². The maximum atomic E-state index is 12.7. The van der Waals surface area contributed by atoms with Gasteiger partial charge in [0.25, 0.3) is 5.91 Å². The lowest BCUT2D eigenvalue weighted by molar-refractivity contribution is 0.102. The van der Waals surface area contributed by atoms with E-state index < -0.39 is 5.82 Å². The molecule has 0 saturated carbocycles. The summed E-state index contributed by atoms with van der Waals surface area (Å²) in [6.07, 6.45) is 0. The molecule has 0 radical (unpaired) electrons. The van der Waals surface area contributed by atoms with Gasteiger partial charge in [-0.25, -0.2) is 4.39 Å². The molecule has 2 aromatic carbocycles. The number of carbonyl (C=O) groups is 1. The van der Waals surface area contributed by atoms with Gasteiger partial charge in [0.1, 0.15) is 5.82 Å². The SMILES string of the molecule is Nc1ccc(Cl)cc1NC(=O)c1ccc(F)cc1. The first-order valence-corrected chi connectivity index (χ1v) is 5.56. The van der Waals surface area contributed by atoms with Crippen LogP contribution in [0.3, 0.4) is 0 Å². The van der Waals surface area contributed by atoms with Crippen LogP contribution < -0.4 is 11.1 Å². The molecule has 18 heavy (non-hydrogen) atoms. The van der Waals surface area contributed by atoms with Crippen LogP contribution in [0.1, 0.15) is 10.4 Å². The van der Waals surface area contributed by atoms with Gasteiger partial charge in [0.2, 0.25) is 0 Å². The molecule has 92 valence electrons. The molecule has 0 spiro atoms. The summed E-state index contributed by atoms with van der Waals surface area (Å²) in [6.45, 7) is 0. The normalized spacial score (nSPS) is 10.1. The van der Waals surface area contributed by atoms with Gasteiger partial charge in [-0.1, -0.05) is 11.6 Å². The lowest BCUT2D eigenvalue weighted by atomic mass is 10.2. The molecule has 3 N–H and O–H groups in total. The minimum atomic E-state index is -0.395. The molecule has 0 aliphatic rings. The van der Waals surface area contributed by atoms with E-state index in [1.165, 1.54) is 24.3 Å². The quantitative estimate of drug-likeness (QED) is 0.818. The molecule has 0 aromatic heterocycles. The van der Waals surface area contributed by atoms with E-state index in [0.29, 0.717) is 22.0 Å². The van der Waals surface area contributed by atoms with Gasteiger partial charge < -0.3 is 11.1 Å². The zero-order chi connectivity index (χ0) is 13.1. The third-order valence-electron chi connectivity index (χ3n) is 2.37. The number of benzene rings is 2. The van der Waals surface area contributed by atoms with Crippen molar-refractivity contribution in [1.82, 2.24) is 0 Å². The number of nitrogen functional groups attached to an aromatic ring is 1. The summed E-state index contributed by atoms with van der Waals surface area (Å²) < 4.78 is 12.7. The molecule has 2 aromatic rings. The lowest BCUT2D eigenvalue weighted by Gasteiger charge is -2.08. The third kappa shape index (κ3) is 2.78. The highest BCUT2D eigenvalue weighted by molar-refractivity contribution is 6.31. The van der Waals surface area contributed by atoms with Crippen LogP contribution in [-0.4, -0.2) is 5.91 Å². The number of hydrogen-bond acceptors (Lipinski definition) is 2. The fourth-order valence-corrected chi connectivity index (χ4v) is 1.60. The Morgan fingerprint density at radius 2 is 1.83 bits per heavy atom. The summed E-state index contributed by atoms with van der Waals surface area (Å²) in [4.78, 5) is 11.9. The number of hydrogen-bond donors (Lipinski definition) is 2. The first-order chi connectivity index (χ1) is 8.56. The minimum absolute atomic E-state index is 0.343. The first kappa shape index (κ1) is 12.4. The van der Waals surface area contributed by atoms with Gasteiger partial charge in [-0.05, 0) is 42.5 Å². The maximum absolute atomic E-state index is 12.7. The molecule has 0 fully saturated rings. The van der Waals surface area contributed by atoms with E-state index in [9.17, 15) is 9.18 Å². The summed E-state index contributed by atoms with van der Waals surface area (Å²) in [7, 11) is 0. The summed E-state index contributed by atoms with van der Waals surface area (Å²) in [5.74, 6) is -0.766. The van der Waals surface area contributed by atoms with Gasteiger partial charge in [-0.2, -0.15) is 0 Å². The summed E-state index contributed by atoms with van der Waals surface area (Å²) in [5, 5.41) is 3.09. The highest BCUT2D eigenvalue weighted by atomic mass is 35.5. The lowest BCUT2D eigenvalue weighted by Crippen LogP contribution is -2.13. The fourth-order valence-electron chi connectivity index (χ4n) is 1.43. The molecule has 0 aliphatic carbocycles. The average molecular weight is 265 g/mol. The predicted octanol–water partition coefficient (Wildman–Crippen LogP) is 3.31. The second-order valence-electron chi connectivity index (χ2n) is 3.69. The van der Waals surface area contributed by atoms with Gasteiger partial charge in [-0.15, -0.1) is 0 Å². The van der Waals surface area contributed by atoms with Crippen molar-refractivity contribution < 1.29 is 9.18 Å². The van der Waals surface area contributed by atoms with Crippen LogP contribution in [0.25, 0.3) is 0 Å². The van der Waals surface area contributed by atoms with E-state index in [1.54, 1.807) is 18.2 Å². The molecule has 1 amide bonds. The van der Waals surface area contributed by atoms with Crippen molar-refractivity contribution in [2.45, 2.75) is 0 Å². The van der Waals surface area contributed by atoms with Crippen molar-refractivity contribution in [2.24, 2.45) is 0 Å². The van der Waals surface area contributed by atoms with Crippen molar-refractivity contribution >= 4 is 28.9 Å². The highest BCUT2D eigenvalue weighted by Gasteiger charge is 2.08. The van der Waals surface area contributed by atoms with Crippen LogP contribution >= 0.6 is 11.6 Å². The van der Waals surface area contributed by atoms with Crippen LogP contribution in [0.15, 0.2) is 42.5 Å². The second kappa shape index (κ2) is 5.06. The Morgan fingerprint density at radius 3 is 2.50 bits per heavy atom. The van der Waals surface area contributed by atoms with Crippen LogP contribution in [0, 0.1) is 5.82 Å². The third-order valence-corrected chi connectivity index (χ3v) is 2.61. The standard InChI is InChI=1S/C13H10ClFN2O/c14-9-3-6-11(16)12(7-9)17-13(18)8-1-4-10(15)5-2-8/h1-7H,16H2,(H,17,18). The Morgan fingerprint density at radius 1 is 1.17 bits per heavy atom. The Kier molecular flexibility index (Phi) is 3.48. The molecule has 0 saturated heterocycles. The van der Waals surface area contributed by atoms with Gasteiger partial charge in [0.15, 0.2) is 0 Å². The van der Waals surface area contributed by atoms with E-state index in [-0.39, 0.29) is 5.91 Å². The van der Waals surface area contributed by atoms with Crippen LogP contribution in [0.5, 0.6) is 0 Å². The molecule has 0 unspecified atom stereocenters. The number of carbonyl (C=O) groups excluding carboxylic acids is 1. The van der Waals surface area contributed by atoms with Crippen LogP contribution in [0.4, 0.5) is 15.8 Å². The van der Waals surface area contributed by atoms with Crippen LogP contribution in [0.2, 0.25) is 5.02 Å². The van der Waals surface area contributed by atoms with Gasteiger partial charge in [0.05, 0.1) is 11.4 Å². The van der Waals surface area contributed by atoms with E-state index in [2.05, 4.69) is 5.32 Å². The zero-order valence-corrected chi connectivity index (χ0v) is 10.0. The van der Waals surface area contributed by atoms with Crippen molar-refractivity contribution in [3.8, 4) is 0 Å². The molecule has 0 atom stereocenters. The summed E-state index contributed by atoms with van der Waals surface area (Å²) in [5.41, 5.74) is 6.89. The van der Waals surface area contributed by atoms with E-state index in [4.69, 9.17) is 17.3 Å². The largest absolute Gasteiger partial charge is 0.397 e. The number of nitrogens with two attached hydrogens (primary N) is 1. The smallest absolute Gasteiger partial charge is 0.255 e. The van der Waals surface area contributed by atoms with Crippen molar-refractivity contribution in [2.75, 3.05) is 11.1 Å². The van der Waals surface area contributed by atoms with Gasteiger partial charge in [0, 0.05) is 10.6 Å². The van der Waals surface area contributed by atoms with E-state index in [0.717, 1.165) is 0 Å². The Labute approximate surface area is 108 Å². The number of amides is 1. The van der Waals surface area contributed by atoms with Crippen LogP contribution in [-0.2, 0) is 0 Å². The number of nitrogens with one attached hydrogen (secondary N) is 1. The monoisotopic (exact) mass is 264 g/mol. The molecule has 5 heteroatoms. The van der Waals surface area contributed by atoms with Crippen molar-refractivity contribution in [3.63, 3.8) is 0 Å². The molecule has 2 rings (SSSR count). The topological polar surface area (TPSA) is 55.1 Å². The number of anilines is 2. The first-order valence-electron chi connectivity index (χ1n) is 5.18. The van der Waals surface area contributed by atoms with E-state index in [1.807, 2.05) is 0 Å². The van der Waals surface area contributed by atoms with Crippen molar-refractivity contribution in [1.29, 1.82) is 0 Å². The maximum Gasteiger partial charge on any atom is 0.255 e. The van der Waals surface area contributed by atoms with Gasteiger partial charge >= 0.3 is 0 Å². The van der Waals surface area contributed by atoms with Crippen molar-refractivity contribution in [3.05, 3.63) is 58.9 Å². The summed E-state index contributed by atoms with van der Waals surface area (Å²) in [6, 6.07) is 10.0. The molecular formula is C13H10ClFN2O. The fraction of sp³-hybridized carbons (Fsp3) is 0. The predicted molar refractivity (Wildman–Crippen MR) is 70.2 cm³/mol. The molecule has 0 heterocycles. The highest BCUT2D eigenvalue weighted by Crippen LogP contribution is 2.23. The zero-order valence-electron chi connectivity index (χ0n) is 9.28. The van der Waals surface area contributed by atoms with Gasteiger partial charge in [-0.3, -0.25) is 4.79 Å². The molecular weight excluding hydrogens is 255 g/mol. The number of rotatable bonds is 2. The molecule has 0 aliphatic heterocycles. The second-order valence-corrected chi connectivity index (χ2v) is 4.13. The Balaban J connectivity index is 2.21. The minimum Gasteiger partial charge on any atom is -0.397 e. The molecule has 0 bridgehead atoms. The average Bonchev–Trinajstić information content (AvgIpc) is 2.34. The number of halogens is 2. The Hall–Kier alpha value is -2.07. The summed E-state index contributed by atoms with van der Waals surface area (Å²) >= 11 is 5.81.